The van der Waals surface area contributed by atoms with E-state index in [1.807, 2.05) is 13.0 Å². The molecule has 1 saturated heterocycles. The molecule has 0 amide bonds. The Hall–Kier alpha value is -1.96. The minimum Gasteiger partial charge on any atom is -0.492 e. The van der Waals surface area contributed by atoms with Gasteiger partial charge in [0.05, 0.1) is 6.61 Å². The van der Waals surface area contributed by atoms with Gasteiger partial charge in [-0.1, -0.05) is 37.6 Å². The van der Waals surface area contributed by atoms with Crippen molar-refractivity contribution in [3.05, 3.63) is 29.3 Å². The first-order valence-electron chi connectivity index (χ1n) is 8.05. The molecule has 1 unspecified atom stereocenters. The standard InChI is InChI=1S/C17H20BNO3/c1-2-21-17(20)15-10-22-16-9-13(3-4-14(15)16)12-5-7-18(11-19)8-6-12/h3-4,9,12,15H,2,5-8,10H2,1H3. The third-order valence-corrected chi connectivity index (χ3v) is 4.77. The van der Waals surface area contributed by atoms with E-state index in [2.05, 4.69) is 18.1 Å². The van der Waals surface area contributed by atoms with Gasteiger partial charge >= 0.3 is 5.97 Å². The van der Waals surface area contributed by atoms with Gasteiger partial charge in [-0.15, -0.1) is 0 Å². The zero-order valence-corrected chi connectivity index (χ0v) is 12.9. The topological polar surface area (TPSA) is 59.3 Å². The van der Waals surface area contributed by atoms with E-state index < -0.39 is 0 Å². The molecule has 1 aromatic rings. The van der Waals surface area contributed by atoms with Gasteiger partial charge in [-0.25, -0.2) is 5.26 Å². The highest BCUT2D eigenvalue weighted by Crippen LogP contribution is 2.40. The van der Waals surface area contributed by atoms with Gasteiger partial charge in [0.15, 0.2) is 0 Å². The van der Waals surface area contributed by atoms with Crippen LogP contribution in [0, 0.1) is 11.2 Å². The number of hydrogen-bond acceptors (Lipinski definition) is 4. The SMILES string of the molecule is CCOC(=O)C1COc2cc(C3CCB(C#N)CC3)ccc21. The van der Waals surface area contributed by atoms with E-state index in [4.69, 9.17) is 14.7 Å². The number of carbonyl (C=O) groups is 1. The van der Waals surface area contributed by atoms with Gasteiger partial charge in [-0.05, 0) is 24.5 Å². The molecule has 2 heterocycles. The van der Waals surface area contributed by atoms with Crippen LogP contribution >= 0.6 is 0 Å². The second kappa shape index (κ2) is 6.43. The van der Waals surface area contributed by atoms with Crippen molar-refractivity contribution in [1.82, 2.24) is 0 Å². The molecule has 1 aromatic carbocycles. The maximum Gasteiger partial charge on any atom is 0.317 e. The fourth-order valence-corrected chi connectivity index (χ4v) is 3.47. The first-order chi connectivity index (χ1) is 10.7. The minimum absolute atomic E-state index is 0.205. The summed E-state index contributed by atoms with van der Waals surface area (Å²) < 4.78 is 10.8. The van der Waals surface area contributed by atoms with E-state index in [-0.39, 0.29) is 18.6 Å². The summed E-state index contributed by atoms with van der Waals surface area (Å²) in [5.41, 5.74) is 2.20. The summed E-state index contributed by atoms with van der Waals surface area (Å²) in [6.07, 6.45) is 4.06. The molecule has 22 heavy (non-hydrogen) atoms. The van der Waals surface area contributed by atoms with E-state index in [1.165, 1.54) is 5.56 Å². The summed E-state index contributed by atoms with van der Waals surface area (Å²) in [4.78, 5) is 11.9. The number of nitriles is 1. The molecule has 0 aromatic heterocycles. The Labute approximate surface area is 131 Å². The van der Waals surface area contributed by atoms with Crippen molar-refractivity contribution in [2.24, 2.45) is 0 Å². The molecule has 1 atom stereocenters. The summed E-state index contributed by atoms with van der Waals surface area (Å²) >= 11 is 0. The van der Waals surface area contributed by atoms with Crippen LogP contribution < -0.4 is 4.74 Å². The molecule has 0 N–H and O–H groups in total. The Morgan fingerprint density at radius 1 is 1.45 bits per heavy atom. The molecule has 1 fully saturated rings. The maximum atomic E-state index is 11.9. The molecule has 0 bridgehead atoms. The van der Waals surface area contributed by atoms with E-state index in [0.717, 1.165) is 36.8 Å². The zero-order valence-electron chi connectivity index (χ0n) is 12.9. The minimum atomic E-state index is -0.293. The number of esters is 1. The molecule has 114 valence electrons. The van der Waals surface area contributed by atoms with Gasteiger partial charge in [0.2, 0.25) is 0 Å². The summed E-state index contributed by atoms with van der Waals surface area (Å²) in [6.45, 7) is 2.80. The van der Waals surface area contributed by atoms with Gasteiger partial charge in [0, 0.05) is 11.5 Å². The second-order valence-electron chi connectivity index (χ2n) is 6.09. The Morgan fingerprint density at radius 3 is 2.91 bits per heavy atom. The van der Waals surface area contributed by atoms with Gasteiger partial charge in [-0.3, -0.25) is 4.79 Å². The normalized spacial score (nSPS) is 20.9. The number of rotatable bonds is 3. The number of fused-ring (bicyclic) bond motifs is 1. The molecule has 5 heteroatoms. The lowest BCUT2D eigenvalue weighted by Crippen LogP contribution is -2.19. The van der Waals surface area contributed by atoms with Crippen LogP contribution in [0.4, 0.5) is 0 Å². The van der Waals surface area contributed by atoms with Crippen LogP contribution in [0.25, 0.3) is 0 Å². The van der Waals surface area contributed by atoms with Crippen LogP contribution in [0.1, 0.15) is 42.7 Å². The molecular weight excluding hydrogens is 277 g/mol. The summed E-state index contributed by atoms with van der Waals surface area (Å²) in [7, 11) is 0. The molecular formula is C17H20BNO3. The van der Waals surface area contributed by atoms with Crippen LogP contribution in [0.15, 0.2) is 18.2 Å². The predicted molar refractivity (Wildman–Crippen MR) is 84.3 cm³/mol. The van der Waals surface area contributed by atoms with Gasteiger partial charge in [0.25, 0.3) is 6.71 Å². The Bertz CT molecular complexity index is 602. The van der Waals surface area contributed by atoms with E-state index in [1.54, 1.807) is 0 Å². The quantitative estimate of drug-likeness (QED) is 0.635. The van der Waals surface area contributed by atoms with Crippen LogP contribution in [-0.2, 0) is 9.53 Å². The highest BCUT2D eigenvalue weighted by Gasteiger charge is 2.33. The number of nitrogens with zero attached hydrogens (tertiary/aromatic N) is 1. The van der Waals surface area contributed by atoms with Crippen molar-refractivity contribution in [3.63, 3.8) is 0 Å². The largest absolute Gasteiger partial charge is 0.492 e. The van der Waals surface area contributed by atoms with Gasteiger partial charge in [-0.2, -0.15) is 0 Å². The van der Waals surface area contributed by atoms with E-state index in [9.17, 15) is 4.79 Å². The van der Waals surface area contributed by atoms with Crippen molar-refractivity contribution >= 4 is 12.7 Å². The Morgan fingerprint density at radius 2 is 2.23 bits per heavy atom. The lowest BCUT2D eigenvalue weighted by molar-refractivity contribution is -0.145. The van der Waals surface area contributed by atoms with E-state index in [0.29, 0.717) is 19.1 Å². The number of hydrogen-bond donors (Lipinski definition) is 0. The average molecular weight is 297 g/mol. The molecule has 2 aliphatic rings. The van der Waals surface area contributed by atoms with Crippen LogP contribution in [-0.4, -0.2) is 25.9 Å². The number of ether oxygens (including phenoxy) is 2. The van der Waals surface area contributed by atoms with Crippen molar-refractivity contribution in [3.8, 4) is 11.7 Å². The number of carbonyl (C=O) groups excluding carboxylic acids is 1. The van der Waals surface area contributed by atoms with Crippen molar-refractivity contribution in [1.29, 1.82) is 5.26 Å². The molecule has 2 aliphatic heterocycles. The van der Waals surface area contributed by atoms with Gasteiger partial charge in [0.1, 0.15) is 18.3 Å². The number of benzene rings is 1. The lowest BCUT2D eigenvalue weighted by atomic mass is 9.41. The van der Waals surface area contributed by atoms with Crippen LogP contribution in [0.3, 0.4) is 0 Å². The lowest BCUT2D eigenvalue weighted by Gasteiger charge is -2.23. The summed E-state index contributed by atoms with van der Waals surface area (Å²) in [5.74, 6) is 3.19. The maximum absolute atomic E-state index is 11.9. The Kier molecular flexibility index (Phi) is 4.38. The Balaban J connectivity index is 1.73. The molecule has 0 saturated carbocycles. The monoisotopic (exact) mass is 297 g/mol. The van der Waals surface area contributed by atoms with Crippen LogP contribution in [0.5, 0.6) is 5.75 Å². The first-order valence-corrected chi connectivity index (χ1v) is 8.05. The summed E-state index contributed by atoms with van der Waals surface area (Å²) in [6, 6.07) is 6.19. The molecule has 0 aliphatic carbocycles. The third kappa shape index (κ3) is 2.83. The van der Waals surface area contributed by atoms with Gasteiger partial charge < -0.3 is 9.47 Å². The fourth-order valence-electron chi connectivity index (χ4n) is 3.47. The highest BCUT2D eigenvalue weighted by molar-refractivity contribution is 6.67. The molecule has 4 nitrogen and oxygen atoms in total. The molecule has 0 spiro atoms. The van der Waals surface area contributed by atoms with Crippen molar-refractivity contribution < 1.29 is 14.3 Å². The smallest absolute Gasteiger partial charge is 0.317 e. The first kappa shape index (κ1) is 15.0. The van der Waals surface area contributed by atoms with Crippen molar-refractivity contribution in [2.75, 3.05) is 13.2 Å². The average Bonchev–Trinajstić information content (AvgIpc) is 2.98. The van der Waals surface area contributed by atoms with Crippen LogP contribution in [0.2, 0.25) is 12.6 Å². The summed E-state index contributed by atoms with van der Waals surface area (Å²) in [5, 5.41) is 8.99. The highest BCUT2D eigenvalue weighted by atomic mass is 16.5. The fraction of sp³-hybridized carbons (Fsp3) is 0.529. The van der Waals surface area contributed by atoms with E-state index >= 15 is 0 Å². The molecule has 0 radical (unpaired) electrons. The third-order valence-electron chi connectivity index (χ3n) is 4.77. The predicted octanol–water partition coefficient (Wildman–Crippen LogP) is 3.16. The second-order valence-corrected chi connectivity index (χ2v) is 6.09. The zero-order chi connectivity index (χ0) is 15.5. The van der Waals surface area contributed by atoms with Crippen molar-refractivity contribution in [2.45, 2.75) is 44.2 Å². The molecule has 3 rings (SSSR count).